The summed E-state index contributed by atoms with van der Waals surface area (Å²) in [7, 11) is 0. The van der Waals surface area contributed by atoms with Crippen molar-refractivity contribution in [2.24, 2.45) is 0 Å². The van der Waals surface area contributed by atoms with Crippen LogP contribution in [0.3, 0.4) is 0 Å². The Morgan fingerprint density at radius 3 is 2.88 bits per heavy atom. The molecule has 0 amide bonds. The van der Waals surface area contributed by atoms with Gasteiger partial charge in [-0.3, -0.25) is 0 Å². The van der Waals surface area contributed by atoms with Crippen molar-refractivity contribution in [3.05, 3.63) is 17.8 Å². The summed E-state index contributed by atoms with van der Waals surface area (Å²) in [6, 6.07) is 2.44. The second-order valence-electron chi connectivity index (χ2n) is 4.51. The van der Waals surface area contributed by atoms with Gasteiger partial charge in [0.25, 0.3) is 0 Å². The number of rotatable bonds is 2. The SMILES string of the molecule is OC1CCC(Nc2ncnc3ccsc23)CC1. The van der Waals surface area contributed by atoms with Crippen LogP contribution in [0.4, 0.5) is 5.82 Å². The van der Waals surface area contributed by atoms with Crippen molar-refractivity contribution in [3.8, 4) is 0 Å². The molecule has 0 spiro atoms. The molecule has 3 rings (SSSR count). The minimum absolute atomic E-state index is 0.111. The number of anilines is 1. The number of aliphatic hydroxyl groups is 1. The Kier molecular flexibility index (Phi) is 2.94. The first kappa shape index (κ1) is 10.9. The van der Waals surface area contributed by atoms with Crippen LogP contribution >= 0.6 is 11.3 Å². The highest BCUT2D eigenvalue weighted by Crippen LogP contribution is 2.28. The van der Waals surface area contributed by atoms with Gasteiger partial charge < -0.3 is 10.4 Å². The Bertz CT molecular complexity index is 505. The van der Waals surface area contributed by atoms with Gasteiger partial charge in [0.2, 0.25) is 0 Å². The van der Waals surface area contributed by atoms with Crippen LogP contribution in [0.25, 0.3) is 10.2 Å². The zero-order chi connectivity index (χ0) is 11.7. The van der Waals surface area contributed by atoms with Gasteiger partial charge in [0, 0.05) is 6.04 Å². The van der Waals surface area contributed by atoms with Gasteiger partial charge in [0.05, 0.1) is 16.3 Å². The van der Waals surface area contributed by atoms with E-state index in [9.17, 15) is 5.11 Å². The largest absolute Gasteiger partial charge is 0.393 e. The molecule has 0 unspecified atom stereocenters. The number of thiophene rings is 1. The Morgan fingerprint density at radius 2 is 2.06 bits per heavy atom. The number of aliphatic hydroxyl groups excluding tert-OH is 1. The molecular weight excluding hydrogens is 234 g/mol. The molecule has 1 saturated carbocycles. The third kappa shape index (κ3) is 2.25. The van der Waals surface area contributed by atoms with E-state index in [2.05, 4.69) is 15.3 Å². The van der Waals surface area contributed by atoms with Crippen molar-refractivity contribution in [2.45, 2.75) is 37.8 Å². The zero-order valence-electron chi connectivity index (χ0n) is 9.47. The topological polar surface area (TPSA) is 58.0 Å². The maximum absolute atomic E-state index is 9.48. The number of nitrogens with one attached hydrogen (secondary N) is 1. The van der Waals surface area contributed by atoms with Crippen molar-refractivity contribution in [2.75, 3.05) is 5.32 Å². The highest BCUT2D eigenvalue weighted by Gasteiger charge is 2.20. The van der Waals surface area contributed by atoms with E-state index in [0.717, 1.165) is 41.7 Å². The molecule has 0 aliphatic heterocycles. The molecule has 90 valence electrons. The van der Waals surface area contributed by atoms with Crippen LogP contribution in [0.15, 0.2) is 17.8 Å². The molecule has 0 atom stereocenters. The predicted molar refractivity (Wildman–Crippen MR) is 69.3 cm³/mol. The van der Waals surface area contributed by atoms with Gasteiger partial charge in [-0.25, -0.2) is 9.97 Å². The number of hydrogen-bond donors (Lipinski definition) is 2. The van der Waals surface area contributed by atoms with Crippen molar-refractivity contribution >= 4 is 27.4 Å². The van der Waals surface area contributed by atoms with E-state index in [1.165, 1.54) is 0 Å². The fourth-order valence-corrected chi connectivity index (χ4v) is 3.10. The summed E-state index contributed by atoms with van der Waals surface area (Å²) < 4.78 is 1.12. The molecule has 0 aromatic carbocycles. The van der Waals surface area contributed by atoms with Crippen LogP contribution < -0.4 is 5.32 Å². The lowest BCUT2D eigenvalue weighted by Crippen LogP contribution is -2.28. The lowest BCUT2D eigenvalue weighted by Gasteiger charge is -2.26. The van der Waals surface area contributed by atoms with Crippen molar-refractivity contribution in [1.82, 2.24) is 9.97 Å². The average molecular weight is 249 g/mol. The first-order valence-corrected chi connectivity index (χ1v) is 6.83. The van der Waals surface area contributed by atoms with Crippen LogP contribution in [0.2, 0.25) is 0 Å². The molecule has 1 aliphatic carbocycles. The fourth-order valence-electron chi connectivity index (χ4n) is 2.31. The first-order valence-electron chi connectivity index (χ1n) is 5.96. The van der Waals surface area contributed by atoms with Crippen LogP contribution in [0.5, 0.6) is 0 Å². The van der Waals surface area contributed by atoms with Crippen molar-refractivity contribution in [3.63, 3.8) is 0 Å². The summed E-state index contributed by atoms with van der Waals surface area (Å²) in [5.41, 5.74) is 1.00. The Labute approximate surface area is 104 Å². The second-order valence-corrected chi connectivity index (χ2v) is 5.42. The van der Waals surface area contributed by atoms with E-state index in [4.69, 9.17) is 0 Å². The van der Waals surface area contributed by atoms with E-state index < -0.39 is 0 Å². The Hall–Kier alpha value is -1.20. The van der Waals surface area contributed by atoms with Gasteiger partial charge in [0.1, 0.15) is 12.1 Å². The third-order valence-electron chi connectivity index (χ3n) is 3.28. The van der Waals surface area contributed by atoms with Crippen LogP contribution in [0.1, 0.15) is 25.7 Å². The molecule has 2 aromatic heterocycles. The molecule has 2 heterocycles. The molecule has 5 heteroatoms. The third-order valence-corrected chi connectivity index (χ3v) is 4.19. The van der Waals surface area contributed by atoms with Crippen LogP contribution in [0, 0.1) is 0 Å². The summed E-state index contributed by atoms with van der Waals surface area (Å²) in [6.45, 7) is 0. The van der Waals surface area contributed by atoms with Gasteiger partial charge in [-0.1, -0.05) is 0 Å². The van der Waals surface area contributed by atoms with E-state index in [0.29, 0.717) is 6.04 Å². The maximum atomic E-state index is 9.48. The first-order chi connectivity index (χ1) is 8.33. The quantitative estimate of drug-likeness (QED) is 0.858. The summed E-state index contributed by atoms with van der Waals surface area (Å²) >= 11 is 1.67. The monoisotopic (exact) mass is 249 g/mol. The molecule has 4 nitrogen and oxygen atoms in total. The highest BCUT2D eigenvalue weighted by atomic mass is 32.1. The van der Waals surface area contributed by atoms with Crippen LogP contribution in [-0.4, -0.2) is 27.2 Å². The minimum Gasteiger partial charge on any atom is -0.393 e. The molecule has 0 bridgehead atoms. The Morgan fingerprint density at radius 1 is 1.24 bits per heavy atom. The van der Waals surface area contributed by atoms with E-state index >= 15 is 0 Å². The molecule has 1 fully saturated rings. The van der Waals surface area contributed by atoms with Crippen molar-refractivity contribution < 1.29 is 5.11 Å². The summed E-state index contributed by atoms with van der Waals surface area (Å²) in [5, 5.41) is 15.0. The molecule has 17 heavy (non-hydrogen) atoms. The summed E-state index contributed by atoms with van der Waals surface area (Å²) in [4.78, 5) is 8.54. The molecule has 0 saturated heterocycles. The standard InChI is InChI=1S/C12H15N3OS/c16-9-3-1-8(2-4-9)15-12-11-10(5-6-17-11)13-7-14-12/h5-9,16H,1-4H2,(H,13,14,15). The predicted octanol–water partition coefficient (Wildman–Crippen LogP) is 2.41. The van der Waals surface area contributed by atoms with Gasteiger partial charge in [-0.2, -0.15) is 0 Å². The lowest BCUT2D eigenvalue weighted by atomic mass is 9.93. The van der Waals surface area contributed by atoms with E-state index in [1.54, 1.807) is 17.7 Å². The minimum atomic E-state index is -0.111. The molecule has 1 aliphatic rings. The van der Waals surface area contributed by atoms with Crippen LogP contribution in [-0.2, 0) is 0 Å². The van der Waals surface area contributed by atoms with Crippen molar-refractivity contribution in [1.29, 1.82) is 0 Å². The van der Waals surface area contributed by atoms with E-state index in [1.807, 2.05) is 11.4 Å². The molecule has 2 N–H and O–H groups in total. The number of fused-ring (bicyclic) bond motifs is 1. The number of hydrogen-bond acceptors (Lipinski definition) is 5. The maximum Gasteiger partial charge on any atom is 0.147 e. The van der Waals surface area contributed by atoms with E-state index in [-0.39, 0.29) is 6.10 Å². The van der Waals surface area contributed by atoms with Gasteiger partial charge in [0.15, 0.2) is 0 Å². The van der Waals surface area contributed by atoms with Gasteiger partial charge in [-0.05, 0) is 37.1 Å². The summed E-state index contributed by atoms with van der Waals surface area (Å²) in [6.07, 6.45) is 5.29. The molecule has 2 aromatic rings. The Balaban J connectivity index is 1.78. The fraction of sp³-hybridized carbons (Fsp3) is 0.500. The van der Waals surface area contributed by atoms with Gasteiger partial charge >= 0.3 is 0 Å². The smallest absolute Gasteiger partial charge is 0.147 e. The molecular formula is C12H15N3OS. The number of nitrogens with zero attached hydrogens (tertiary/aromatic N) is 2. The number of aromatic nitrogens is 2. The lowest BCUT2D eigenvalue weighted by molar-refractivity contribution is 0.126. The highest BCUT2D eigenvalue weighted by molar-refractivity contribution is 7.17. The summed E-state index contributed by atoms with van der Waals surface area (Å²) in [5.74, 6) is 0.936. The average Bonchev–Trinajstić information content (AvgIpc) is 2.81. The molecule has 0 radical (unpaired) electrons. The second kappa shape index (κ2) is 4.58. The zero-order valence-corrected chi connectivity index (χ0v) is 10.3. The normalized spacial score (nSPS) is 25.0. The van der Waals surface area contributed by atoms with Gasteiger partial charge in [-0.15, -0.1) is 11.3 Å².